The molecule has 0 spiro atoms. The van der Waals surface area contributed by atoms with Crippen LogP contribution in [-0.4, -0.2) is 16.9 Å². The molecule has 0 amide bonds. The second-order valence-corrected chi connectivity index (χ2v) is 6.85. The first-order chi connectivity index (χ1) is 11.1. The Kier molecular flexibility index (Phi) is 15.4. The predicted molar refractivity (Wildman–Crippen MR) is 96.7 cm³/mol. The number of aliphatic carboxylic acids is 1. The van der Waals surface area contributed by atoms with Gasteiger partial charge in [-0.25, -0.2) is 0 Å². The van der Waals surface area contributed by atoms with E-state index >= 15 is 0 Å². The molecule has 3 heteroatoms. The predicted octanol–water partition coefficient (Wildman–Crippen LogP) is 6.15. The molecule has 0 saturated heterocycles. The van der Waals surface area contributed by atoms with Gasteiger partial charge in [-0.05, 0) is 12.8 Å². The number of carbonyl (C=O) groups excluding carboxylic acids is 1. The Morgan fingerprint density at radius 1 is 0.696 bits per heavy atom. The molecular formula is C20H38O3. The summed E-state index contributed by atoms with van der Waals surface area (Å²) < 4.78 is 0. The lowest BCUT2D eigenvalue weighted by Crippen LogP contribution is -2.18. The van der Waals surface area contributed by atoms with Crippen molar-refractivity contribution in [1.29, 1.82) is 0 Å². The number of rotatable bonds is 17. The molecule has 0 rings (SSSR count). The Hall–Kier alpha value is -0.860. The van der Waals surface area contributed by atoms with Crippen LogP contribution in [0.5, 0.6) is 0 Å². The van der Waals surface area contributed by atoms with Gasteiger partial charge in [0.25, 0.3) is 0 Å². The zero-order valence-corrected chi connectivity index (χ0v) is 15.4. The number of hydrogen-bond donors (Lipinski definition) is 1. The summed E-state index contributed by atoms with van der Waals surface area (Å²) in [6, 6.07) is 0. The Morgan fingerprint density at radius 2 is 1.09 bits per heavy atom. The van der Waals surface area contributed by atoms with Gasteiger partial charge in [0, 0.05) is 5.92 Å². The van der Waals surface area contributed by atoms with Crippen LogP contribution in [0.15, 0.2) is 0 Å². The molecule has 0 atom stereocenters. The summed E-state index contributed by atoms with van der Waals surface area (Å²) in [6.45, 7) is 4.42. The minimum atomic E-state index is -0.981. The van der Waals surface area contributed by atoms with Gasteiger partial charge < -0.3 is 5.11 Å². The molecule has 0 heterocycles. The maximum Gasteiger partial charge on any atom is 0.310 e. The molecule has 0 aliphatic heterocycles. The second-order valence-electron chi connectivity index (χ2n) is 6.85. The Labute approximate surface area is 143 Å². The van der Waals surface area contributed by atoms with Crippen molar-refractivity contribution in [2.24, 2.45) is 5.92 Å². The standard InChI is InChI=1S/C20H38O3/c1-3-5-7-9-11-13-15-18(19(21)17-20(22)23)16-14-12-10-8-6-4-2/h18H,3-17H2,1-2H3,(H,22,23). The van der Waals surface area contributed by atoms with Gasteiger partial charge in [0.15, 0.2) is 0 Å². The summed E-state index contributed by atoms with van der Waals surface area (Å²) in [5.41, 5.74) is 0. The van der Waals surface area contributed by atoms with E-state index in [1.165, 1.54) is 64.2 Å². The van der Waals surface area contributed by atoms with Crippen molar-refractivity contribution in [3.63, 3.8) is 0 Å². The molecule has 0 aliphatic rings. The number of carbonyl (C=O) groups is 2. The van der Waals surface area contributed by atoms with E-state index in [2.05, 4.69) is 13.8 Å². The molecule has 0 aromatic heterocycles. The van der Waals surface area contributed by atoms with E-state index < -0.39 is 5.97 Å². The Morgan fingerprint density at radius 3 is 1.48 bits per heavy atom. The summed E-state index contributed by atoms with van der Waals surface area (Å²) in [7, 11) is 0. The lowest BCUT2D eigenvalue weighted by molar-refractivity contribution is -0.141. The molecule has 0 saturated carbocycles. The first kappa shape index (κ1) is 22.1. The van der Waals surface area contributed by atoms with Gasteiger partial charge in [0.2, 0.25) is 0 Å². The van der Waals surface area contributed by atoms with Crippen molar-refractivity contribution in [3.8, 4) is 0 Å². The van der Waals surface area contributed by atoms with Gasteiger partial charge in [-0.15, -0.1) is 0 Å². The Bertz CT molecular complexity index is 283. The second kappa shape index (κ2) is 16.0. The fraction of sp³-hybridized carbons (Fsp3) is 0.900. The average Bonchev–Trinajstić information content (AvgIpc) is 2.51. The van der Waals surface area contributed by atoms with Crippen LogP contribution < -0.4 is 0 Å². The van der Waals surface area contributed by atoms with Crippen molar-refractivity contribution < 1.29 is 14.7 Å². The average molecular weight is 327 g/mol. The molecule has 0 aromatic rings. The zero-order valence-electron chi connectivity index (χ0n) is 15.4. The summed E-state index contributed by atoms with van der Waals surface area (Å²) >= 11 is 0. The maximum atomic E-state index is 12.1. The molecule has 0 aliphatic carbocycles. The SMILES string of the molecule is CCCCCCCCC(CCCCCCCC)C(=O)CC(=O)O. The molecule has 0 bridgehead atoms. The van der Waals surface area contributed by atoms with Gasteiger partial charge in [0.1, 0.15) is 12.2 Å². The summed E-state index contributed by atoms with van der Waals surface area (Å²) in [6.07, 6.45) is 16.1. The van der Waals surface area contributed by atoms with Crippen LogP contribution in [0.3, 0.4) is 0 Å². The highest BCUT2D eigenvalue weighted by Gasteiger charge is 2.20. The minimum Gasteiger partial charge on any atom is -0.481 e. The van der Waals surface area contributed by atoms with E-state index in [1.807, 2.05) is 0 Å². The number of hydrogen-bond acceptors (Lipinski definition) is 2. The van der Waals surface area contributed by atoms with Gasteiger partial charge in [0.05, 0.1) is 0 Å². The monoisotopic (exact) mass is 326 g/mol. The largest absolute Gasteiger partial charge is 0.481 e. The van der Waals surface area contributed by atoms with Crippen LogP contribution in [0.2, 0.25) is 0 Å². The third-order valence-corrected chi connectivity index (χ3v) is 4.59. The van der Waals surface area contributed by atoms with E-state index in [0.29, 0.717) is 0 Å². The highest BCUT2D eigenvalue weighted by Crippen LogP contribution is 2.21. The zero-order chi connectivity index (χ0) is 17.3. The highest BCUT2D eigenvalue weighted by molar-refractivity contribution is 5.95. The van der Waals surface area contributed by atoms with Crippen LogP contribution in [0.25, 0.3) is 0 Å². The summed E-state index contributed by atoms with van der Waals surface area (Å²) in [5, 5.41) is 8.85. The van der Waals surface area contributed by atoms with Gasteiger partial charge in [-0.2, -0.15) is 0 Å². The van der Waals surface area contributed by atoms with Gasteiger partial charge in [-0.3, -0.25) is 9.59 Å². The first-order valence-electron chi connectivity index (χ1n) is 9.86. The van der Waals surface area contributed by atoms with Crippen molar-refractivity contribution >= 4 is 11.8 Å². The van der Waals surface area contributed by atoms with Gasteiger partial charge in [-0.1, -0.05) is 90.9 Å². The van der Waals surface area contributed by atoms with Crippen molar-refractivity contribution in [2.75, 3.05) is 0 Å². The molecule has 0 fully saturated rings. The van der Waals surface area contributed by atoms with Crippen LogP contribution in [0.1, 0.15) is 110 Å². The van der Waals surface area contributed by atoms with Crippen LogP contribution in [0.4, 0.5) is 0 Å². The fourth-order valence-corrected chi connectivity index (χ4v) is 3.10. The fourth-order valence-electron chi connectivity index (χ4n) is 3.10. The van der Waals surface area contributed by atoms with E-state index in [4.69, 9.17) is 5.11 Å². The van der Waals surface area contributed by atoms with Crippen LogP contribution in [0, 0.1) is 5.92 Å². The molecule has 0 unspecified atom stereocenters. The Balaban J connectivity index is 3.98. The number of Topliss-reactive ketones (excluding diaryl/α,β-unsaturated/α-hetero) is 1. The highest BCUT2D eigenvalue weighted by atomic mass is 16.4. The third-order valence-electron chi connectivity index (χ3n) is 4.59. The topological polar surface area (TPSA) is 54.4 Å². The van der Waals surface area contributed by atoms with Gasteiger partial charge >= 0.3 is 5.97 Å². The van der Waals surface area contributed by atoms with Crippen LogP contribution >= 0.6 is 0 Å². The number of unbranched alkanes of at least 4 members (excludes halogenated alkanes) is 10. The third kappa shape index (κ3) is 14.5. The van der Waals surface area contributed by atoms with E-state index in [-0.39, 0.29) is 18.1 Å². The molecule has 23 heavy (non-hydrogen) atoms. The number of carboxylic acid groups (broad SMARTS) is 1. The minimum absolute atomic E-state index is 0.0246. The van der Waals surface area contributed by atoms with Crippen molar-refractivity contribution in [1.82, 2.24) is 0 Å². The number of carboxylic acids is 1. The number of ketones is 1. The molecule has 3 nitrogen and oxygen atoms in total. The normalized spacial score (nSPS) is 11.1. The van der Waals surface area contributed by atoms with E-state index in [9.17, 15) is 9.59 Å². The smallest absolute Gasteiger partial charge is 0.310 e. The molecule has 0 aromatic carbocycles. The molecule has 0 radical (unpaired) electrons. The quantitative estimate of drug-likeness (QED) is 0.258. The molecule has 1 N–H and O–H groups in total. The lowest BCUT2D eigenvalue weighted by Gasteiger charge is -2.15. The van der Waals surface area contributed by atoms with Crippen molar-refractivity contribution in [3.05, 3.63) is 0 Å². The molecular weight excluding hydrogens is 288 g/mol. The van der Waals surface area contributed by atoms with E-state index in [1.54, 1.807) is 0 Å². The van der Waals surface area contributed by atoms with Crippen molar-refractivity contribution in [2.45, 2.75) is 110 Å². The lowest BCUT2D eigenvalue weighted by atomic mass is 9.89. The summed E-state index contributed by atoms with van der Waals surface area (Å²) in [5.74, 6) is -1.06. The maximum absolute atomic E-state index is 12.1. The summed E-state index contributed by atoms with van der Waals surface area (Å²) in [4.78, 5) is 22.9. The van der Waals surface area contributed by atoms with E-state index in [0.717, 1.165) is 25.7 Å². The first-order valence-corrected chi connectivity index (χ1v) is 9.86. The van der Waals surface area contributed by atoms with Crippen LogP contribution in [-0.2, 0) is 9.59 Å². The molecule has 136 valence electrons.